The van der Waals surface area contributed by atoms with Crippen molar-refractivity contribution in [1.82, 2.24) is 5.32 Å². The Kier molecular flexibility index (Phi) is 8.53. The van der Waals surface area contributed by atoms with E-state index in [0.717, 1.165) is 37.0 Å². The molecule has 1 atom stereocenters. The van der Waals surface area contributed by atoms with Crippen LogP contribution in [0.25, 0.3) is 0 Å². The Bertz CT molecular complexity index is 1130. The van der Waals surface area contributed by atoms with Crippen molar-refractivity contribution in [2.45, 2.75) is 57.5 Å². The van der Waals surface area contributed by atoms with Crippen molar-refractivity contribution in [2.24, 2.45) is 0 Å². The van der Waals surface area contributed by atoms with Crippen molar-refractivity contribution in [3.63, 3.8) is 0 Å². The number of nitrogens with one attached hydrogen (secondary N) is 1. The molecule has 1 aromatic heterocycles. The zero-order valence-electron chi connectivity index (χ0n) is 19.9. The normalized spacial score (nSPS) is 14.8. The van der Waals surface area contributed by atoms with Crippen LogP contribution in [-0.4, -0.2) is 24.5 Å². The lowest BCUT2D eigenvalue weighted by atomic mass is 9.94. The Balaban J connectivity index is 1.79. The number of carbonyl (C=O) groups is 2. The predicted octanol–water partition coefficient (Wildman–Crippen LogP) is 6.05. The lowest BCUT2D eigenvalue weighted by molar-refractivity contribution is -0.127. The Morgan fingerprint density at radius 1 is 1.09 bits per heavy atom. The summed E-state index contributed by atoms with van der Waals surface area (Å²) in [5.41, 5.74) is 0.910. The fourth-order valence-electron chi connectivity index (χ4n) is 4.63. The van der Waals surface area contributed by atoms with E-state index < -0.39 is 11.9 Å². The molecule has 1 aliphatic carbocycles. The smallest absolute Gasteiger partial charge is 0.248 e. The van der Waals surface area contributed by atoms with Crippen LogP contribution < -0.4 is 15.0 Å². The fraction of sp³-hybridized carbons (Fsp3) is 0.357. The van der Waals surface area contributed by atoms with Crippen molar-refractivity contribution in [1.29, 1.82) is 0 Å². The van der Waals surface area contributed by atoms with Gasteiger partial charge in [-0.25, -0.2) is 4.39 Å². The van der Waals surface area contributed by atoms with Crippen molar-refractivity contribution < 1.29 is 18.7 Å². The molecule has 1 saturated carbocycles. The van der Waals surface area contributed by atoms with Gasteiger partial charge in [-0.3, -0.25) is 14.5 Å². The summed E-state index contributed by atoms with van der Waals surface area (Å²) in [4.78, 5) is 30.0. The summed E-state index contributed by atoms with van der Waals surface area (Å²) < 4.78 is 20.2. The third-order valence-corrected chi connectivity index (χ3v) is 7.11. The molecule has 3 aromatic rings. The molecule has 0 saturated heterocycles. The van der Waals surface area contributed by atoms with Gasteiger partial charge >= 0.3 is 0 Å². The fourth-order valence-corrected chi connectivity index (χ4v) is 5.32. The van der Waals surface area contributed by atoms with Gasteiger partial charge in [0.25, 0.3) is 0 Å². The predicted molar refractivity (Wildman–Crippen MR) is 137 cm³/mol. The first-order valence-electron chi connectivity index (χ1n) is 12.2. The van der Waals surface area contributed by atoms with Gasteiger partial charge in [0.15, 0.2) is 0 Å². The van der Waals surface area contributed by atoms with Gasteiger partial charge in [0.2, 0.25) is 11.8 Å². The number of ether oxygens (including phenoxy) is 1. The second-order valence-corrected chi connectivity index (χ2v) is 9.75. The minimum atomic E-state index is -1.01. The van der Waals surface area contributed by atoms with Gasteiger partial charge in [-0.15, -0.1) is 11.3 Å². The molecule has 1 unspecified atom stereocenters. The zero-order valence-corrected chi connectivity index (χ0v) is 20.7. The number of nitrogens with zero attached hydrogens (tertiary/aromatic N) is 1. The minimum Gasteiger partial charge on any atom is -0.493 e. The number of benzene rings is 2. The van der Waals surface area contributed by atoms with Crippen LogP contribution in [0.4, 0.5) is 10.1 Å². The third kappa shape index (κ3) is 6.28. The van der Waals surface area contributed by atoms with Crippen LogP contribution in [0.2, 0.25) is 0 Å². The average molecular weight is 495 g/mol. The maximum atomic E-state index is 14.3. The van der Waals surface area contributed by atoms with E-state index in [2.05, 4.69) is 5.32 Å². The number of thiophene rings is 1. The van der Waals surface area contributed by atoms with Gasteiger partial charge in [0.1, 0.15) is 17.6 Å². The molecule has 0 spiro atoms. The minimum absolute atomic E-state index is 0.0553. The molecule has 2 aromatic carbocycles. The molecular weight excluding hydrogens is 463 g/mol. The summed E-state index contributed by atoms with van der Waals surface area (Å²) in [5.74, 6) is -0.508. The van der Waals surface area contributed by atoms with E-state index in [1.54, 1.807) is 24.3 Å². The quantitative estimate of drug-likeness (QED) is 0.394. The van der Waals surface area contributed by atoms with Gasteiger partial charge in [-0.1, -0.05) is 49.6 Å². The van der Waals surface area contributed by atoms with E-state index in [-0.39, 0.29) is 24.3 Å². The summed E-state index contributed by atoms with van der Waals surface area (Å²) in [6.45, 7) is 2.29. The molecule has 184 valence electrons. The molecule has 1 aliphatic rings. The summed E-state index contributed by atoms with van der Waals surface area (Å²) >= 11 is 1.48. The lowest BCUT2D eigenvalue weighted by Crippen LogP contribution is -2.47. The number of para-hydroxylation sites is 1. The molecule has 0 bridgehead atoms. The maximum absolute atomic E-state index is 14.3. The Morgan fingerprint density at radius 3 is 2.60 bits per heavy atom. The van der Waals surface area contributed by atoms with Crippen LogP contribution in [0.5, 0.6) is 5.75 Å². The Morgan fingerprint density at radius 2 is 1.89 bits per heavy atom. The van der Waals surface area contributed by atoms with Gasteiger partial charge in [0, 0.05) is 22.2 Å². The summed E-state index contributed by atoms with van der Waals surface area (Å²) in [5, 5.41) is 5.10. The van der Waals surface area contributed by atoms with E-state index in [9.17, 15) is 14.0 Å². The molecular formula is C28H31FN2O3S. The molecule has 1 N–H and O–H groups in total. The van der Waals surface area contributed by atoms with E-state index in [1.807, 2.05) is 36.6 Å². The molecule has 0 aliphatic heterocycles. The topological polar surface area (TPSA) is 58.6 Å². The first-order chi connectivity index (χ1) is 17.1. The van der Waals surface area contributed by atoms with Crippen LogP contribution in [0, 0.1) is 5.82 Å². The highest BCUT2D eigenvalue weighted by molar-refractivity contribution is 7.10. The number of amides is 2. The Hall–Kier alpha value is -3.19. The SMILES string of the molecule is CCOc1ccccc1C(C(=O)NC1CCCCC1)N(C(=O)Cc1cccs1)c1cccc(F)c1. The van der Waals surface area contributed by atoms with Gasteiger partial charge < -0.3 is 10.1 Å². The first-order valence-corrected chi connectivity index (χ1v) is 13.1. The standard InChI is InChI=1S/C28H31FN2O3S/c1-2-34-25-16-7-6-15-24(25)27(28(33)30-21-11-4-3-5-12-21)31(22-13-8-10-20(29)18-22)26(32)19-23-14-9-17-35-23/h6-10,13-18,21,27H,2-5,11-12,19H2,1H3,(H,30,33). The monoisotopic (exact) mass is 494 g/mol. The molecule has 1 fully saturated rings. The molecule has 5 nitrogen and oxygen atoms in total. The van der Waals surface area contributed by atoms with E-state index in [4.69, 9.17) is 4.74 Å². The second-order valence-electron chi connectivity index (χ2n) is 8.72. The molecule has 7 heteroatoms. The van der Waals surface area contributed by atoms with Crippen molar-refractivity contribution in [3.05, 3.63) is 82.3 Å². The first kappa shape index (κ1) is 24.9. The largest absolute Gasteiger partial charge is 0.493 e. The van der Waals surface area contributed by atoms with Crippen molar-refractivity contribution in [2.75, 3.05) is 11.5 Å². The highest BCUT2D eigenvalue weighted by Gasteiger charge is 2.36. The molecule has 1 heterocycles. The Labute approximate surface area is 209 Å². The van der Waals surface area contributed by atoms with Gasteiger partial charge in [-0.2, -0.15) is 0 Å². The van der Waals surface area contributed by atoms with Crippen LogP contribution in [0.15, 0.2) is 66.0 Å². The van der Waals surface area contributed by atoms with E-state index in [1.165, 1.54) is 28.4 Å². The van der Waals surface area contributed by atoms with Crippen LogP contribution in [-0.2, 0) is 16.0 Å². The molecule has 2 amide bonds. The molecule has 0 radical (unpaired) electrons. The number of anilines is 1. The zero-order chi connectivity index (χ0) is 24.6. The number of hydrogen-bond acceptors (Lipinski definition) is 4. The summed E-state index contributed by atoms with van der Waals surface area (Å²) in [7, 11) is 0. The summed E-state index contributed by atoms with van der Waals surface area (Å²) in [6.07, 6.45) is 5.23. The second kappa shape index (κ2) is 12.0. The van der Waals surface area contributed by atoms with Crippen LogP contribution in [0.3, 0.4) is 0 Å². The maximum Gasteiger partial charge on any atom is 0.248 e. The summed E-state index contributed by atoms with van der Waals surface area (Å²) in [6, 6.07) is 15.9. The third-order valence-electron chi connectivity index (χ3n) is 6.23. The lowest BCUT2D eigenvalue weighted by Gasteiger charge is -2.34. The number of rotatable bonds is 9. The highest BCUT2D eigenvalue weighted by Crippen LogP contribution is 2.35. The number of carbonyl (C=O) groups excluding carboxylic acids is 2. The van der Waals surface area contributed by atoms with E-state index >= 15 is 0 Å². The molecule has 4 rings (SSSR count). The highest BCUT2D eigenvalue weighted by atomic mass is 32.1. The van der Waals surface area contributed by atoms with Crippen molar-refractivity contribution in [3.8, 4) is 5.75 Å². The van der Waals surface area contributed by atoms with Gasteiger partial charge in [-0.05, 0) is 55.5 Å². The number of hydrogen-bond donors (Lipinski definition) is 1. The van der Waals surface area contributed by atoms with E-state index in [0.29, 0.717) is 23.6 Å². The average Bonchev–Trinajstić information content (AvgIpc) is 3.37. The van der Waals surface area contributed by atoms with Crippen LogP contribution in [0.1, 0.15) is 55.5 Å². The number of halogens is 1. The van der Waals surface area contributed by atoms with Gasteiger partial charge in [0.05, 0.1) is 13.0 Å². The molecule has 35 heavy (non-hydrogen) atoms. The van der Waals surface area contributed by atoms with Crippen molar-refractivity contribution >= 4 is 28.8 Å². The van der Waals surface area contributed by atoms with Crippen LogP contribution >= 0.6 is 11.3 Å².